The van der Waals surface area contributed by atoms with Crippen LogP contribution in [0.1, 0.15) is 30.0 Å². The van der Waals surface area contributed by atoms with Crippen LogP contribution in [0.3, 0.4) is 0 Å². The molecule has 1 saturated heterocycles. The topological polar surface area (TPSA) is 23.6 Å². The SMILES string of the molecule is CN1CCN(C(=O)CCCc2ccccc2)C(c2ccccc2)C1. The Kier molecular flexibility index (Phi) is 5.65. The van der Waals surface area contributed by atoms with Crippen molar-refractivity contribution < 1.29 is 4.79 Å². The van der Waals surface area contributed by atoms with E-state index in [9.17, 15) is 4.79 Å². The third-order valence-corrected chi connectivity index (χ3v) is 4.79. The van der Waals surface area contributed by atoms with E-state index in [4.69, 9.17) is 0 Å². The monoisotopic (exact) mass is 322 g/mol. The van der Waals surface area contributed by atoms with Crippen molar-refractivity contribution in [1.29, 1.82) is 0 Å². The third-order valence-electron chi connectivity index (χ3n) is 4.79. The molecule has 0 bridgehead atoms. The van der Waals surface area contributed by atoms with Gasteiger partial charge in [0, 0.05) is 26.1 Å². The number of piperazine rings is 1. The molecule has 0 aliphatic carbocycles. The Balaban J connectivity index is 1.61. The van der Waals surface area contributed by atoms with E-state index in [1.807, 2.05) is 12.1 Å². The van der Waals surface area contributed by atoms with Gasteiger partial charge in [-0.25, -0.2) is 0 Å². The molecule has 1 aliphatic heterocycles. The first kappa shape index (κ1) is 16.7. The lowest BCUT2D eigenvalue weighted by molar-refractivity contribution is -0.136. The minimum atomic E-state index is 0.175. The number of carbonyl (C=O) groups excluding carboxylic acids is 1. The number of carbonyl (C=O) groups is 1. The fraction of sp³-hybridized carbons (Fsp3) is 0.381. The minimum absolute atomic E-state index is 0.175. The average molecular weight is 322 g/mol. The van der Waals surface area contributed by atoms with Crippen molar-refractivity contribution in [2.45, 2.75) is 25.3 Å². The van der Waals surface area contributed by atoms with Gasteiger partial charge in [0.15, 0.2) is 0 Å². The van der Waals surface area contributed by atoms with Gasteiger partial charge in [-0.1, -0.05) is 60.7 Å². The van der Waals surface area contributed by atoms with Crippen LogP contribution in [0.15, 0.2) is 60.7 Å². The molecule has 1 amide bonds. The first-order chi connectivity index (χ1) is 11.7. The van der Waals surface area contributed by atoms with Gasteiger partial charge in [0.05, 0.1) is 6.04 Å². The normalized spacial score (nSPS) is 18.5. The highest BCUT2D eigenvalue weighted by molar-refractivity contribution is 5.77. The Bertz CT molecular complexity index is 641. The first-order valence-corrected chi connectivity index (χ1v) is 8.81. The van der Waals surface area contributed by atoms with Crippen LogP contribution in [-0.2, 0) is 11.2 Å². The zero-order valence-corrected chi connectivity index (χ0v) is 14.4. The highest BCUT2D eigenvalue weighted by atomic mass is 16.2. The Morgan fingerprint density at radius 3 is 2.38 bits per heavy atom. The van der Waals surface area contributed by atoms with Gasteiger partial charge in [-0.3, -0.25) is 4.79 Å². The van der Waals surface area contributed by atoms with E-state index in [1.54, 1.807) is 0 Å². The molecule has 3 heteroatoms. The number of nitrogens with zero attached hydrogens (tertiary/aromatic N) is 2. The van der Waals surface area contributed by atoms with Crippen molar-refractivity contribution in [2.75, 3.05) is 26.7 Å². The highest BCUT2D eigenvalue weighted by Gasteiger charge is 2.29. The van der Waals surface area contributed by atoms with Gasteiger partial charge >= 0.3 is 0 Å². The van der Waals surface area contributed by atoms with E-state index in [2.05, 4.69) is 65.4 Å². The van der Waals surface area contributed by atoms with Crippen LogP contribution >= 0.6 is 0 Å². The molecule has 2 aromatic carbocycles. The minimum Gasteiger partial charge on any atom is -0.333 e. The number of likely N-dealkylation sites (N-methyl/N-ethyl adjacent to an activating group) is 1. The van der Waals surface area contributed by atoms with Gasteiger partial charge in [0.2, 0.25) is 5.91 Å². The zero-order valence-electron chi connectivity index (χ0n) is 14.4. The second-order valence-electron chi connectivity index (χ2n) is 6.62. The van der Waals surface area contributed by atoms with Crippen molar-refractivity contribution in [3.8, 4) is 0 Å². The molecule has 0 aromatic heterocycles. The lowest BCUT2D eigenvalue weighted by atomic mass is 10.0. The molecular weight excluding hydrogens is 296 g/mol. The lowest BCUT2D eigenvalue weighted by Gasteiger charge is -2.40. The van der Waals surface area contributed by atoms with E-state index in [0.717, 1.165) is 32.5 Å². The number of hydrogen-bond donors (Lipinski definition) is 0. The van der Waals surface area contributed by atoms with Crippen LogP contribution in [0, 0.1) is 0 Å². The summed E-state index contributed by atoms with van der Waals surface area (Å²) in [7, 11) is 2.13. The number of amides is 1. The number of benzene rings is 2. The molecule has 1 fully saturated rings. The molecule has 24 heavy (non-hydrogen) atoms. The van der Waals surface area contributed by atoms with Gasteiger partial charge in [-0.05, 0) is 31.0 Å². The van der Waals surface area contributed by atoms with Gasteiger partial charge in [0.1, 0.15) is 0 Å². The second-order valence-corrected chi connectivity index (χ2v) is 6.62. The van der Waals surface area contributed by atoms with Crippen molar-refractivity contribution in [2.24, 2.45) is 0 Å². The van der Waals surface area contributed by atoms with E-state index in [0.29, 0.717) is 6.42 Å². The molecule has 0 saturated carbocycles. The second kappa shape index (κ2) is 8.11. The smallest absolute Gasteiger partial charge is 0.223 e. The van der Waals surface area contributed by atoms with Gasteiger partial charge in [-0.2, -0.15) is 0 Å². The average Bonchev–Trinajstić information content (AvgIpc) is 2.63. The molecule has 3 nitrogen and oxygen atoms in total. The molecular formula is C21H26N2O. The van der Waals surface area contributed by atoms with E-state index in [1.165, 1.54) is 11.1 Å². The maximum atomic E-state index is 12.8. The summed E-state index contributed by atoms with van der Waals surface area (Å²) >= 11 is 0. The Hall–Kier alpha value is -2.13. The van der Waals surface area contributed by atoms with Crippen LogP contribution < -0.4 is 0 Å². The van der Waals surface area contributed by atoms with Gasteiger partial charge in [-0.15, -0.1) is 0 Å². The summed E-state index contributed by atoms with van der Waals surface area (Å²) in [4.78, 5) is 17.2. The molecule has 1 heterocycles. The summed E-state index contributed by atoms with van der Waals surface area (Å²) in [6.07, 6.45) is 2.51. The molecule has 0 radical (unpaired) electrons. The summed E-state index contributed by atoms with van der Waals surface area (Å²) in [5.74, 6) is 0.285. The van der Waals surface area contributed by atoms with Crippen molar-refractivity contribution in [3.05, 3.63) is 71.8 Å². The molecule has 1 atom stereocenters. The Morgan fingerprint density at radius 2 is 1.67 bits per heavy atom. The van der Waals surface area contributed by atoms with Crippen molar-refractivity contribution in [3.63, 3.8) is 0 Å². The summed E-state index contributed by atoms with van der Waals surface area (Å²) in [6.45, 7) is 2.68. The fourth-order valence-corrected chi connectivity index (χ4v) is 3.41. The number of hydrogen-bond acceptors (Lipinski definition) is 2. The van der Waals surface area contributed by atoms with Crippen LogP contribution in [0.25, 0.3) is 0 Å². The molecule has 1 unspecified atom stereocenters. The number of rotatable bonds is 5. The predicted octanol–water partition coefficient (Wildman–Crippen LogP) is 3.52. The number of aryl methyl sites for hydroxylation is 1. The molecule has 1 aliphatic rings. The quantitative estimate of drug-likeness (QED) is 0.841. The zero-order chi connectivity index (χ0) is 16.8. The summed E-state index contributed by atoms with van der Waals surface area (Å²) in [5.41, 5.74) is 2.55. The van der Waals surface area contributed by atoms with Gasteiger partial charge < -0.3 is 9.80 Å². The maximum Gasteiger partial charge on any atom is 0.223 e. The van der Waals surface area contributed by atoms with Crippen LogP contribution in [0.5, 0.6) is 0 Å². The summed E-state index contributed by atoms with van der Waals surface area (Å²) in [6, 6.07) is 21.0. The third kappa shape index (κ3) is 4.24. The maximum absolute atomic E-state index is 12.8. The highest BCUT2D eigenvalue weighted by Crippen LogP contribution is 2.25. The summed E-state index contributed by atoms with van der Waals surface area (Å²) < 4.78 is 0. The van der Waals surface area contributed by atoms with Crippen molar-refractivity contribution in [1.82, 2.24) is 9.80 Å². The van der Waals surface area contributed by atoms with Crippen molar-refractivity contribution >= 4 is 5.91 Å². The molecule has 0 N–H and O–H groups in total. The van der Waals surface area contributed by atoms with Crippen LogP contribution in [0.4, 0.5) is 0 Å². The molecule has 0 spiro atoms. The van der Waals surface area contributed by atoms with Gasteiger partial charge in [0.25, 0.3) is 0 Å². The largest absolute Gasteiger partial charge is 0.333 e. The standard InChI is InChI=1S/C21H26N2O/c1-22-15-16-23(20(17-22)19-12-6-3-7-13-19)21(24)14-8-11-18-9-4-2-5-10-18/h2-7,9-10,12-13,20H,8,11,14-17H2,1H3. The molecule has 2 aromatic rings. The van der Waals surface area contributed by atoms with E-state index in [-0.39, 0.29) is 11.9 Å². The van der Waals surface area contributed by atoms with Crippen LogP contribution in [0.2, 0.25) is 0 Å². The Morgan fingerprint density at radius 1 is 1.00 bits per heavy atom. The molecule has 3 rings (SSSR count). The first-order valence-electron chi connectivity index (χ1n) is 8.81. The summed E-state index contributed by atoms with van der Waals surface area (Å²) in [5, 5.41) is 0. The Labute approximate surface area is 144 Å². The fourth-order valence-electron chi connectivity index (χ4n) is 3.41. The predicted molar refractivity (Wildman–Crippen MR) is 97.8 cm³/mol. The molecule has 126 valence electrons. The lowest BCUT2D eigenvalue weighted by Crippen LogP contribution is -2.49. The van der Waals surface area contributed by atoms with Crippen LogP contribution in [-0.4, -0.2) is 42.4 Å². The van der Waals surface area contributed by atoms with E-state index < -0.39 is 0 Å². The van der Waals surface area contributed by atoms with E-state index >= 15 is 0 Å².